The molecule has 0 unspecified atom stereocenters. The minimum Gasteiger partial charge on any atom is -0.478 e. The van der Waals surface area contributed by atoms with Crippen molar-refractivity contribution in [3.63, 3.8) is 0 Å². The van der Waals surface area contributed by atoms with Crippen LogP contribution in [-0.4, -0.2) is 41.3 Å². The van der Waals surface area contributed by atoms with Crippen LogP contribution in [0.5, 0.6) is 0 Å². The number of hydrogen-bond acceptors (Lipinski definition) is 5. The fourth-order valence-electron chi connectivity index (χ4n) is 4.28. The molecule has 0 aliphatic heterocycles. The molecule has 2 N–H and O–H groups in total. The van der Waals surface area contributed by atoms with Crippen LogP contribution in [-0.2, 0) is 13.0 Å². The number of para-hydroxylation sites is 1. The molecule has 0 bridgehead atoms. The number of tetrazole rings is 1. The van der Waals surface area contributed by atoms with Crippen molar-refractivity contribution in [1.82, 2.24) is 30.2 Å². The minimum absolute atomic E-state index is 0.276. The highest BCUT2D eigenvalue weighted by Gasteiger charge is 2.18. The van der Waals surface area contributed by atoms with E-state index in [1.54, 1.807) is 12.1 Å². The molecule has 3 aromatic carbocycles. The van der Waals surface area contributed by atoms with Gasteiger partial charge in [0.15, 0.2) is 0 Å². The number of aryl methyl sites for hydroxylation is 1. The van der Waals surface area contributed by atoms with Gasteiger partial charge in [-0.05, 0) is 40.5 Å². The fraction of sp³-hybridized carbons (Fsp3) is 0.192. The summed E-state index contributed by atoms with van der Waals surface area (Å²) in [5.74, 6) is 0.519. The van der Waals surface area contributed by atoms with Gasteiger partial charge in [-0.25, -0.2) is 9.78 Å². The maximum atomic E-state index is 11.9. The summed E-state index contributed by atoms with van der Waals surface area (Å²) in [6.07, 6.45) is 2.85. The first-order valence-corrected chi connectivity index (χ1v) is 11.3. The molecule has 8 nitrogen and oxygen atoms in total. The Morgan fingerprint density at radius 3 is 2.50 bits per heavy atom. The average Bonchev–Trinajstić information content (AvgIpc) is 3.52. The SMILES string of the molecule is CCCCc1nc2cccc(C(=O)O)c2n1Cc1ccc(-c2ccccc2-c2nn[nH]n2)cc1. The molecule has 0 saturated heterocycles. The van der Waals surface area contributed by atoms with Crippen LogP contribution in [0, 0.1) is 0 Å². The summed E-state index contributed by atoms with van der Waals surface area (Å²) in [7, 11) is 0. The number of nitrogens with one attached hydrogen (secondary N) is 1. The number of carboxylic acid groups (broad SMARTS) is 1. The standard InChI is InChI=1S/C26H24N6O2/c1-2-3-11-23-27-22-10-6-9-21(26(33)34)24(22)32(23)16-17-12-14-18(15-13-17)19-7-4-5-8-20(19)25-28-30-31-29-25/h4-10,12-15H,2-3,11,16H2,1H3,(H,33,34)(H,28,29,30,31). The van der Waals surface area contributed by atoms with E-state index in [9.17, 15) is 9.90 Å². The number of hydrogen-bond donors (Lipinski definition) is 2. The molecule has 8 heteroatoms. The second-order valence-electron chi connectivity index (χ2n) is 8.17. The summed E-state index contributed by atoms with van der Waals surface area (Å²) in [6, 6.07) is 21.5. The summed E-state index contributed by atoms with van der Waals surface area (Å²) in [4.78, 5) is 16.7. The highest BCUT2D eigenvalue weighted by atomic mass is 16.4. The van der Waals surface area contributed by atoms with E-state index >= 15 is 0 Å². The zero-order valence-corrected chi connectivity index (χ0v) is 18.8. The number of carboxylic acids is 1. The molecule has 0 atom stereocenters. The van der Waals surface area contributed by atoms with Gasteiger partial charge in [0.05, 0.1) is 16.6 Å². The number of aromatic carboxylic acids is 1. The first-order chi connectivity index (χ1) is 16.7. The van der Waals surface area contributed by atoms with Crippen molar-refractivity contribution >= 4 is 17.0 Å². The highest BCUT2D eigenvalue weighted by Crippen LogP contribution is 2.30. The molecule has 0 amide bonds. The van der Waals surface area contributed by atoms with Crippen molar-refractivity contribution in [3.05, 3.63) is 83.7 Å². The summed E-state index contributed by atoms with van der Waals surface area (Å²) in [5.41, 5.74) is 5.69. The zero-order chi connectivity index (χ0) is 23.5. The lowest BCUT2D eigenvalue weighted by molar-refractivity contribution is 0.0698. The molecule has 2 heterocycles. The van der Waals surface area contributed by atoms with Crippen molar-refractivity contribution in [1.29, 1.82) is 0 Å². The number of carbonyl (C=O) groups is 1. The van der Waals surface area contributed by atoms with Gasteiger partial charge in [-0.1, -0.05) is 67.9 Å². The van der Waals surface area contributed by atoms with E-state index in [-0.39, 0.29) is 5.56 Å². The molecular formula is C26H24N6O2. The number of fused-ring (bicyclic) bond motifs is 1. The van der Waals surface area contributed by atoms with E-state index in [4.69, 9.17) is 4.98 Å². The molecule has 0 spiro atoms. The summed E-state index contributed by atoms with van der Waals surface area (Å²) in [5, 5.41) is 24.2. The Morgan fingerprint density at radius 1 is 1.00 bits per heavy atom. The van der Waals surface area contributed by atoms with Gasteiger partial charge in [0.25, 0.3) is 0 Å². The predicted octanol–water partition coefficient (Wildman–Crippen LogP) is 4.97. The number of nitrogens with zero attached hydrogens (tertiary/aromatic N) is 5. The van der Waals surface area contributed by atoms with Gasteiger partial charge in [-0.3, -0.25) is 0 Å². The second-order valence-corrected chi connectivity index (χ2v) is 8.17. The quantitative estimate of drug-likeness (QED) is 0.344. The van der Waals surface area contributed by atoms with Gasteiger partial charge in [0, 0.05) is 18.5 Å². The Kier molecular flexibility index (Phi) is 5.86. The van der Waals surface area contributed by atoms with Gasteiger partial charge >= 0.3 is 5.97 Å². The third-order valence-electron chi connectivity index (χ3n) is 5.95. The molecule has 34 heavy (non-hydrogen) atoms. The van der Waals surface area contributed by atoms with Crippen LogP contribution in [0.4, 0.5) is 0 Å². The Bertz CT molecular complexity index is 1440. The normalized spacial score (nSPS) is 11.2. The fourth-order valence-corrected chi connectivity index (χ4v) is 4.28. The van der Waals surface area contributed by atoms with Gasteiger partial charge in [0.1, 0.15) is 5.82 Å². The van der Waals surface area contributed by atoms with Crippen molar-refractivity contribution in [3.8, 4) is 22.5 Å². The van der Waals surface area contributed by atoms with Crippen molar-refractivity contribution in [2.45, 2.75) is 32.7 Å². The third kappa shape index (κ3) is 4.05. The van der Waals surface area contributed by atoms with Gasteiger partial charge in [0.2, 0.25) is 5.82 Å². The summed E-state index contributed by atoms with van der Waals surface area (Å²) >= 11 is 0. The molecule has 5 aromatic rings. The molecule has 0 saturated carbocycles. The second kappa shape index (κ2) is 9.27. The lowest BCUT2D eigenvalue weighted by Gasteiger charge is -2.12. The van der Waals surface area contributed by atoms with E-state index in [1.807, 2.05) is 30.3 Å². The van der Waals surface area contributed by atoms with Crippen LogP contribution in [0.25, 0.3) is 33.5 Å². The number of H-pyrrole nitrogens is 1. The Balaban J connectivity index is 1.52. The Hall–Kier alpha value is -4.33. The van der Waals surface area contributed by atoms with Crippen molar-refractivity contribution < 1.29 is 9.90 Å². The number of unbranched alkanes of at least 4 members (excludes halogenated alkanes) is 1. The first kappa shape index (κ1) is 21.5. The minimum atomic E-state index is -0.942. The molecular weight excluding hydrogens is 428 g/mol. The zero-order valence-electron chi connectivity index (χ0n) is 18.8. The van der Waals surface area contributed by atoms with Crippen molar-refractivity contribution in [2.24, 2.45) is 0 Å². The van der Waals surface area contributed by atoms with E-state index in [2.05, 4.69) is 56.4 Å². The summed E-state index contributed by atoms with van der Waals surface area (Å²) in [6.45, 7) is 2.69. The van der Waals surface area contributed by atoms with Gasteiger partial charge in [-0.2, -0.15) is 5.21 Å². The largest absolute Gasteiger partial charge is 0.478 e. The monoisotopic (exact) mass is 452 g/mol. The van der Waals surface area contributed by atoms with E-state index < -0.39 is 5.97 Å². The lowest BCUT2D eigenvalue weighted by Crippen LogP contribution is -2.08. The molecule has 0 radical (unpaired) electrons. The van der Waals surface area contributed by atoms with Gasteiger partial charge < -0.3 is 9.67 Å². The van der Waals surface area contributed by atoms with E-state index in [0.717, 1.165) is 52.9 Å². The van der Waals surface area contributed by atoms with Crippen LogP contribution in [0.3, 0.4) is 0 Å². The smallest absolute Gasteiger partial charge is 0.337 e. The van der Waals surface area contributed by atoms with Crippen LogP contribution in [0.15, 0.2) is 66.7 Å². The van der Waals surface area contributed by atoms with E-state index in [0.29, 0.717) is 17.9 Å². The van der Waals surface area contributed by atoms with Crippen LogP contribution >= 0.6 is 0 Å². The maximum absolute atomic E-state index is 11.9. The number of benzene rings is 3. The summed E-state index contributed by atoms with van der Waals surface area (Å²) < 4.78 is 2.05. The lowest BCUT2D eigenvalue weighted by atomic mass is 9.98. The van der Waals surface area contributed by atoms with Crippen LogP contribution < -0.4 is 0 Å². The molecule has 170 valence electrons. The highest BCUT2D eigenvalue weighted by molar-refractivity contribution is 6.01. The maximum Gasteiger partial charge on any atom is 0.337 e. The molecule has 0 aliphatic carbocycles. The molecule has 5 rings (SSSR count). The average molecular weight is 453 g/mol. The van der Waals surface area contributed by atoms with E-state index in [1.165, 1.54) is 0 Å². The topological polar surface area (TPSA) is 110 Å². The third-order valence-corrected chi connectivity index (χ3v) is 5.95. The predicted molar refractivity (Wildman–Crippen MR) is 129 cm³/mol. The van der Waals surface area contributed by atoms with Gasteiger partial charge in [-0.15, -0.1) is 10.2 Å². The molecule has 2 aromatic heterocycles. The first-order valence-electron chi connectivity index (χ1n) is 11.3. The number of aromatic amines is 1. The van der Waals surface area contributed by atoms with Crippen LogP contribution in [0.2, 0.25) is 0 Å². The number of rotatable bonds is 8. The number of aromatic nitrogens is 6. The molecule has 0 aliphatic rings. The molecule has 0 fully saturated rings. The van der Waals surface area contributed by atoms with Crippen molar-refractivity contribution in [2.75, 3.05) is 0 Å². The number of imidazole rings is 1. The Morgan fingerprint density at radius 2 is 1.79 bits per heavy atom. The van der Waals surface area contributed by atoms with Crippen LogP contribution in [0.1, 0.15) is 41.5 Å². The Labute approximate surface area is 196 Å².